The molecule has 19 heavy (non-hydrogen) atoms. The molecule has 0 spiro atoms. The van der Waals surface area contributed by atoms with Crippen LogP contribution < -0.4 is 9.47 Å². The van der Waals surface area contributed by atoms with E-state index in [1.165, 1.54) is 19.1 Å². The quantitative estimate of drug-likeness (QED) is 0.779. The molecule has 0 fully saturated rings. The molecule has 1 heterocycles. The molecule has 0 aromatic heterocycles. The van der Waals surface area contributed by atoms with E-state index in [9.17, 15) is 9.59 Å². The van der Waals surface area contributed by atoms with Gasteiger partial charge in [-0.05, 0) is 12.0 Å². The van der Waals surface area contributed by atoms with Crippen LogP contribution >= 0.6 is 0 Å². The molecule has 0 radical (unpaired) electrons. The molecule has 0 saturated heterocycles. The van der Waals surface area contributed by atoms with Gasteiger partial charge in [-0.2, -0.15) is 0 Å². The van der Waals surface area contributed by atoms with Crippen molar-refractivity contribution in [2.75, 3.05) is 20.8 Å². The first-order valence-corrected chi connectivity index (χ1v) is 6.11. The Morgan fingerprint density at radius 1 is 1.11 bits per heavy atom. The predicted octanol–water partition coefficient (Wildman–Crippen LogP) is 1.96. The van der Waals surface area contributed by atoms with E-state index in [-0.39, 0.29) is 17.7 Å². The van der Waals surface area contributed by atoms with Crippen molar-refractivity contribution in [3.05, 3.63) is 23.3 Å². The van der Waals surface area contributed by atoms with Crippen LogP contribution in [0, 0.1) is 5.92 Å². The number of hydrogen-bond donors (Lipinski definition) is 0. The first kappa shape index (κ1) is 13.4. The summed E-state index contributed by atoms with van der Waals surface area (Å²) in [6, 6.07) is 3.20. The number of amides is 2. The lowest BCUT2D eigenvalue weighted by Gasteiger charge is -2.15. The van der Waals surface area contributed by atoms with Crippen LogP contribution in [0.5, 0.6) is 11.5 Å². The summed E-state index contributed by atoms with van der Waals surface area (Å²) in [5.41, 5.74) is 0.677. The van der Waals surface area contributed by atoms with E-state index in [0.717, 1.165) is 0 Å². The van der Waals surface area contributed by atoms with E-state index >= 15 is 0 Å². The van der Waals surface area contributed by atoms with Crippen LogP contribution in [0.2, 0.25) is 0 Å². The van der Waals surface area contributed by atoms with Crippen molar-refractivity contribution in [3.8, 4) is 11.5 Å². The average Bonchev–Trinajstić information content (AvgIpc) is 2.62. The number of benzene rings is 1. The first-order valence-electron chi connectivity index (χ1n) is 6.11. The number of carbonyl (C=O) groups excluding carboxylic acids is 2. The van der Waals surface area contributed by atoms with Gasteiger partial charge in [0.25, 0.3) is 11.8 Å². The molecule has 2 rings (SSSR count). The fourth-order valence-corrected chi connectivity index (χ4v) is 2.16. The fraction of sp³-hybridized carbons (Fsp3) is 0.429. The second-order valence-electron chi connectivity index (χ2n) is 4.87. The molecular weight excluding hydrogens is 246 g/mol. The Bertz CT molecular complexity index is 536. The van der Waals surface area contributed by atoms with E-state index < -0.39 is 0 Å². The van der Waals surface area contributed by atoms with Crippen molar-refractivity contribution in [2.45, 2.75) is 13.8 Å². The highest BCUT2D eigenvalue weighted by atomic mass is 16.5. The number of ether oxygens (including phenoxy) is 2. The van der Waals surface area contributed by atoms with Crippen LogP contribution in [0.3, 0.4) is 0 Å². The predicted molar refractivity (Wildman–Crippen MR) is 69.8 cm³/mol. The highest BCUT2D eigenvalue weighted by Gasteiger charge is 2.38. The summed E-state index contributed by atoms with van der Waals surface area (Å²) < 4.78 is 10.3. The maximum atomic E-state index is 12.3. The zero-order chi connectivity index (χ0) is 14.2. The second-order valence-corrected chi connectivity index (χ2v) is 4.87. The van der Waals surface area contributed by atoms with Gasteiger partial charge in [-0.3, -0.25) is 14.5 Å². The Morgan fingerprint density at radius 2 is 1.79 bits per heavy atom. The lowest BCUT2D eigenvalue weighted by atomic mass is 10.1. The molecule has 2 amide bonds. The summed E-state index contributed by atoms with van der Waals surface area (Å²) in [5, 5.41) is 0. The van der Waals surface area contributed by atoms with Gasteiger partial charge >= 0.3 is 0 Å². The third kappa shape index (κ3) is 2.16. The van der Waals surface area contributed by atoms with Gasteiger partial charge in [0.05, 0.1) is 25.3 Å². The van der Waals surface area contributed by atoms with E-state index in [1.54, 1.807) is 12.1 Å². The third-order valence-electron chi connectivity index (χ3n) is 3.01. The lowest BCUT2D eigenvalue weighted by molar-refractivity contribution is 0.0635. The Labute approximate surface area is 112 Å². The number of methoxy groups -OCH3 is 2. The molecule has 0 N–H and O–H groups in total. The standard InChI is InChI=1S/C14H17NO4/c1-8(2)7-15-13(16)10-5-9(18-3)6-11(19-4)12(10)14(15)17/h5-6,8H,7H2,1-4H3. The van der Waals surface area contributed by atoms with Gasteiger partial charge in [0.2, 0.25) is 0 Å². The Kier molecular flexibility index (Phi) is 3.46. The van der Waals surface area contributed by atoms with Gasteiger partial charge in [0, 0.05) is 12.6 Å². The van der Waals surface area contributed by atoms with E-state index in [4.69, 9.17) is 9.47 Å². The van der Waals surface area contributed by atoms with E-state index in [1.807, 2.05) is 13.8 Å². The van der Waals surface area contributed by atoms with Crippen molar-refractivity contribution in [3.63, 3.8) is 0 Å². The number of carbonyl (C=O) groups is 2. The number of rotatable bonds is 4. The largest absolute Gasteiger partial charge is 0.497 e. The normalized spacial score (nSPS) is 14.1. The van der Waals surface area contributed by atoms with Gasteiger partial charge in [-0.1, -0.05) is 13.8 Å². The van der Waals surface area contributed by atoms with Crippen molar-refractivity contribution < 1.29 is 19.1 Å². The Morgan fingerprint density at radius 3 is 2.32 bits per heavy atom. The smallest absolute Gasteiger partial charge is 0.265 e. The van der Waals surface area contributed by atoms with Crippen molar-refractivity contribution in [1.29, 1.82) is 0 Å². The first-order chi connectivity index (χ1) is 8.99. The molecular formula is C14H17NO4. The molecule has 1 aliphatic heterocycles. The lowest BCUT2D eigenvalue weighted by Crippen LogP contribution is -2.33. The molecule has 0 saturated carbocycles. The van der Waals surface area contributed by atoms with Crippen LogP contribution in [0.1, 0.15) is 34.6 Å². The number of fused-ring (bicyclic) bond motifs is 1. The summed E-state index contributed by atoms with van der Waals surface area (Å²) in [7, 11) is 2.98. The number of nitrogens with zero attached hydrogens (tertiary/aromatic N) is 1. The minimum absolute atomic E-state index is 0.218. The molecule has 0 unspecified atom stereocenters. The van der Waals surface area contributed by atoms with Crippen LogP contribution in [0.15, 0.2) is 12.1 Å². The maximum Gasteiger partial charge on any atom is 0.265 e. The van der Waals surface area contributed by atoms with Gasteiger partial charge in [0.1, 0.15) is 11.5 Å². The number of hydrogen-bond acceptors (Lipinski definition) is 4. The van der Waals surface area contributed by atoms with Crippen molar-refractivity contribution >= 4 is 11.8 Å². The number of imide groups is 1. The van der Waals surface area contributed by atoms with Crippen LogP contribution in [-0.4, -0.2) is 37.5 Å². The highest BCUT2D eigenvalue weighted by molar-refractivity contribution is 6.22. The molecule has 0 aliphatic carbocycles. The van der Waals surface area contributed by atoms with Crippen molar-refractivity contribution in [2.24, 2.45) is 5.92 Å². The summed E-state index contributed by atoms with van der Waals surface area (Å²) in [5.74, 6) is 0.510. The Balaban J connectivity index is 2.52. The summed E-state index contributed by atoms with van der Waals surface area (Å²) in [6.07, 6.45) is 0. The molecule has 1 aliphatic rings. The summed E-state index contributed by atoms with van der Waals surface area (Å²) >= 11 is 0. The molecule has 1 aromatic rings. The zero-order valence-electron chi connectivity index (χ0n) is 11.5. The second kappa shape index (κ2) is 4.91. The molecule has 102 valence electrons. The van der Waals surface area contributed by atoms with Crippen LogP contribution in [0.25, 0.3) is 0 Å². The SMILES string of the molecule is COc1cc(OC)c2c(c1)C(=O)N(CC(C)C)C2=O. The zero-order valence-corrected chi connectivity index (χ0v) is 11.5. The fourth-order valence-electron chi connectivity index (χ4n) is 2.16. The van der Waals surface area contributed by atoms with Gasteiger partial charge in [-0.15, -0.1) is 0 Å². The molecule has 1 aromatic carbocycles. The third-order valence-corrected chi connectivity index (χ3v) is 3.01. The van der Waals surface area contributed by atoms with E-state index in [2.05, 4.69) is 0 Å². The monoisotopic (exact) mass is 263 g/mol. The van der Waals surface area contributed by atoms with Crippen LogP contribution in [-0.2, 0) is 0 Å². The summed E-state index contributed by atoms with van der Waals surface area (Å²) in [6.45, 7) is 4.32. The van der Waals surface area contributed by atoms with Crippen molar-refractivity contribution in [1.82, 2.24) is 4.90 Å². The minimum atomic E-state index is -0.298. The molecule has 5 nitrogen and oxygen atoms in total. The Hall–Kier alpha value is -2.04. The molecule has 0 atom stereocenters. The molecule has 5 heteroatoms. The van der Waals surface area contributed by atoms with Gasteiger partial charge in [-0.25, -0.2) is 0 Å². The van der Waals surface area contributed by atoms with E-state index in [0.29, 0.717) is 29.2 Å². The van der Waals surface area contributed by atoms with Gasteiger partial charge < -0.3 is 9.47 Å². The topological polar surface area (TPSA) is 55.8 Å². The average molecular weight is 263 g/mol. The van der Waals surface area contributed by atoms with Gasteiger partial charge in [0.15, 0.2) is 0 Å². The molecule has 0 bridgehead atoms. The van der Waals surface area contributed by atoms with Crippen LogP contribution in [0.4, 0.5) is 0 Å². The minimum Gasteiger partial charge on any atom is -0.497 e. The maximum absolute atomic E-state index is 12.3. The summed E-state index contributed by atoms with van der Waals surface area (Å²) in [4.78, 5) is 25.8. The highest BCUT2D eigenvalue weighted by Crippen LogP contribution is 2.35.